The van der Waals surface area contributed by atoms with Gasteiger partial charge in [-0.25, -0.2) is 8.78 Å². The van der Waals surface area contributed by atoms with E-state index in [1.165, 1.54) is 12.1 Å². The topological polar surface area (TPSA) is 64.1 Å². The van der Waals surface area contributed by atoms with Crippen molar-refractivity contribution >= 4 is 5.69 Å². The zero-order valence-corrected chi connectivity index (χ0v) is 10.2. The predicted octanol–water partition coefficient (Wildman–Crippen LogP) is 2.29. The summed E-state index contributed by atoms with van der Waals surface area (Å²) in [6.45, 7) is 0. The first kappa shape index (κ1) is 13.5. The summed E-state index contributed by atoms with van der Waals surface area (Å²) in [6.07, 6.45) is 0.289. The molecule has 0 heterocycles. The van der Waals surface area contributed by atoms with Gasteiger partial charge in [0.05, 0.1) is 6.04 Å². The van der Waals surface area contributed by atoms with E-state index in [1.807, 2.05) is 18.2 Å². The van der Waals surface area contributed by atoms with Crippen molar-refractivity contribution in [3.05, 3.63) is 65.2 Å². The number of para-hydroxylation sites is 1. The van der Waals surface area contributed by atoms with Crippen molar-refractivity contribution in [1.82, 2.24) is 5.43 Å². The molecule has 0 saturated carbocycles. The highest BCUT2D eigenvalue weighted by Crippen LogP contribution is 2.24. The molecule has 0 aliphatic heterocycles. The Morgan fingerprint density at radius 2 is 1.84 bits per heavy atom. The molecule has 5 heteroatoms. The Labute approximate surface area is 110 Å². The van der Waals surface area contributed by atoms with Crippen LogP contribution in [0.4, 0.5) is 14.5 Å². The molecule has 3 nitrogen and oxygen atoms in total. The van der Waals surface area contributed by atoms with Crippen molar-refractivity contribution in [3.8, 4) is 0 Å². The van der Waals surface area contributed by atoms with Crippen LogP contribution in [-0.4, -0.2) is 0 Å². The average molecular weight is 263 g/mol. The Hall–Kier alpha value is -1.98. The highest BCUT2D eigenvalue weighted by Gasteiger charge is 2.15. The van der Waals surface area contributed by atoms with Gasteiger partial charge in [-0.3, -0.25) is 11.3 Å². The number of nitrogens with two attached hydrogens (primary N) is 2. The molecule has 2 rings (SSSR count). The van der Waals surface area contributed by atoms with E-state index in [4.69, 9.17) is 11.6 Å². The second kappa shape index (κ2) is 5.77. The number of hydrogen-bond acceptors (Lipinski definition) is 3. The molecular weight excluding hydrogens is 248 g/mol. The van der Waals surface area contributed by atoms with Crippen molar-refractivity contribution in [2.45, 2.75) is 12.5 Å². The van der Waals surface area contributed by atoms with Crippen molar-refractivity contribution in [2.75, 3.05) is 5.73 Å². The Bertz CT molecular complexity index is 572. The predicted molar refractivity (Wildman–Crippen MR) is 71.0 cm³/mol. The van der Waals surface area contributed by atoms with Crippen LogP contribution in [0.1, 0.15) is 17.2 Å². The summed E-state index contributed by atoms with van der Waals surface area (Å²) in [6, 6.07) is 10.4. The SMILES string of the molecule is NNC(Cc1ccc(F)cc1F)c1ccccc1N. The summed E-state index contributed by atoms with van der Waals surface area (Å²) in [4.78, 5) is 0. The summed E-state index contributed by atoms with van der Waals surface area (Å²) >= 11 is 0. The molecule has 0 amide bonds. The summed E-state index contributed by atoms with van der Waals surface area (Å²) in [5, 5.41) is 0. The summed E-state index contributed by atoms with van der Waals surface area (Å²) < 4.78 is 26.5. The maximum atomic E-state index is 13.6. The second-order valence-electron chi connectivity index (χ2n) is 4.29. The standard InChI is InChI=1S/C14H15F2N3/c15-10-6-5-9(12(16)8-10)7-14(19-18)11-3-1-2-4-13(11)17/h1-6,8,14,19H,7,17-18H2. The van der Waals surface area contributed by atoms with Gasteiger partial charge in [0.15, 0.2) is 0 Å². The highest BCUT2D eigenvalue weighted by atomic mass is 19.1. The maximum absolute atomic E-state index is 13.6. The van der Waals surface area contributed by atoms with Gasteiger partial charge >= 0.3 is 0 Å². The fraction of sp³-hybridized carbons (Fsp3) is 0.143. The number of hydrogen-bond donors (Lipinski definition) is 3. The largest absolute Gasteiger partial charge is 0.398 e. The normalized spacial score (nSPS) is 12.4. The molecule has 0 saturated heterocycles. The van der Waals surface area contributed by atoms with E-state index in [2.05, 4.69) is 5.43 Å². The Balaban J connectivity index is 2.27. The molecule has 0 spiro atoms. The molecule has 0 aromatic heterocycles. The molecular formula is C14H15F2N3. The third-order valence-corrected chi connectivity index (χ3v) is 3.01. The van der Waals surface area contributed by atoms with E-state index in [9.17, 15) is 8.78 Å². The molecule has 2 aromatic carbocycles. The number of nitrogens with one attached hydrogen (secondary N) is 1. The number of benzene rings is 2. The van der Waals surface area contributed by atoms with Crippen LogP contribution in [0, 0.1) is 11.6 Å². The first-order chi connectivity index (χ1) is 9.11. The van der Waals surface area contributed by atoms with Crippen molar-refractivity contribution in [1.29, 1.82) is 0 Å². The van der Waals surface area contributed by atoms with E-state index < -0.39 is 11.6 Å². The van der Waals surface area contributed by atoms with Crippen molar-refractivity contribution in [2.24, 2.45) is 5.84 Å². The summed E-state index contributed by atoms with van der Waals surface area (Å²) in [5.41, 5.74) is 10.2. The minimum atomic E-state index is -0.599. The monoisotopic (exact) mass is 263 g/mol. The minimum absolute atomic E-state index is 0.289. The van der Waals surface area contributed by atoms with E-state index in [-0.39, 0.29) is 12.5 Å². The van der Waals surface area contributed by atoms with E-state index >= 15 is 0 Å². The number of nitrogen functional groups attached to an aromatic ring is 1. The molecule has 5 N–H and O–H groups in total. The molecule has 0 fully saturated rings. The van der Waals surface area contributed by atoms with Gasteiger partial charge in [0.2, 0.25) is 0 Å². The van der Waals surface area contributed by atoms with Gasteiger partial charge in [-0.05, 0) is 29.7 Å². The van der Waals surface area contributed by atoms with E-state index in [1.54, 1.807) is 6.07 Å². The lowest BCUT2D eigenvalue weighted by molar-refractivity contribution is 0.523. The third kappa shape index (κ3) is 3.07. The van der Waals surface area contributed by atoms with Crippen LogP contribution < -0.4 is 17.0 Å². The summed E-state index contributed by atoms with van der Waals surface area (Å²) in [5.74, 6) is 4.31. The highest BCUT2D eigenvalue weighted by molar-refractivity contribution is 5.48. The molecule has 0 aliphatic rings. The Kier molecular flexibility index (Phi) is 4.09. The Morgan fingerprint density at radius 1 is 1.11 bits per heavy atom. The summed E-state index contributed by atoms with van der Waals surface area (Å²) in [7, 11) is 0. The maximum Gasteiger partial charge on any atom is 0.129 e. The average Bonchev–Trinajstić information content (AvgIpc) is 2.39. The molecule has 0 aliphatic carbocycles. The number of rotatable bonds is 4. The lowest BCUT2D eigenvalue weighted by Crippen LogP contribution is -2.30. The molecule has 100 valence electrons. The fourth-order valence-corrected chi connectivity index (χ4v) is 1.99. The van der Waals surface area contributed by atoms with Crippen LogP contribution in [0.5, 0.6) is 0 Å². The van der Waals surface area contributed by atoms with Gasteiger partial charge in [0, 0.05) is 11.8 Å². The Morgan fingerprint density at radius 3 is 2.47 bits per heavy atom. The van der Waals surface area contributed by atoms with Crippen LogP contribution in [-0.2, 0) is 6.42 Å². The number of hydrazine groups is 1. The molecule has 0 bridgehead atoms. The van der Waals surface area contributed by atoms with Gasteiger partial charge in [0.1, 0.15) is 11.6 Å². The van der Waals surface area contributed by atoms with Gasteiger partial charge in [-0.1, -0.05) is 24.3 Å². The first-order valence-corrected chi connectivity index (χ1v) is 5.86. The second-order valence-corrected chi connectivity index (χ2v) is 4.29. The van der Waals surface area contributed by atoms with Gasteiger partial charge in [0.25, 0.3) is 0 Å². The van der Waals surface area contributed by atoms with Crippen LogP contribution >= 0.6 is 0 Å². The van der Waals surface area contributed by atoms with Crippen LogP contribution in [0.15, 0.2) is 42.5 Å². The number of anilines is 1. The van der Waals surface area contributed by atoms with Gasteiger partial charge in [-0.15, -0.1) is 0 Å². The van der Waals surface area contributed by atoms with E-state index in [0.717, 1.165) is 11.6 Å². The molecule has 1 unspecified atom stereocenters. The zero-order chi connectivity index (χ0) is 13.8. The molecule has 19 heavy (non-hydrogen) atoms. The zero-order valence-electron chi connectivity index (χ0n) is 10.2. The lowest BCUT2D eigenvalue weighted by atomic mass is 9.98. The van der Waals surface area contributed by atoms with Crippen LogP contribution in [0.25, 0.3) is 0 Å². The lowest BCUT2D eigenvalue weighted by Gasteiger charge is -2.18. The van der Waals surface area contributed by atoms with E-state index in [0.29, 0.717) is 11.3 Å². The minimum Gasteiger partial charge on any atom is -0.398 e. The van der Waals surface area contributed by atoms with Crippen molar-refractivity contribution < 1.29 is 8.78 Å². The number of halogens is 2. The molecule has 1 atom stereocenters. The third-order valence-electron chi connectivity index (χ3n) is 3.01. The van der Waals surface area contributed by atoms with Gasteiger partial charge in [-0.2, -0.15) is 0 Å². The smallest absolute Gasteiger partial charge is 0.129 e. The van der Waals surface area contributed by atoms with Crippen LogP contribution in [0.2, 0.25) is 0 Å². The van der Waals surface area contributed by atoms with Gasteiger partial charge < -0.3 is 5.73 Å². The molecule has 2 aromatic rings. The molecule has 0 radical (unpaired) electrons. The fourth-order valence-electron chi connectivity index (χ4n) is 1.99. The first-order valence-electron chi connectivity index (χ1n) is 5.86. The van der Waals surface area contributed by atoms with Crippen molar-refractivity contribution in [3.63, 3.8) is 0 Å². The van der Waals surface area contributed by atoms with Crippen LogP contribution in [0.3, 0.4) is 0 Å². The quantitative estimate of drug-likeness (QED) is 0.450.